The molecule has 1 aliphatic carbocycles. The van der Waals surface area contributed by atoms with Crippen LogP contribution in [0.3, 0.4) is 0 Å². The Morgan fingerprint density at radius 1 is 0.531 bits per heavy atom. The van der Waals surface area contributed by atoms with Gasteiger partial charge in [-0.1, -0.05) is 146 Å². The van der Waals surface area contributed by atoms with Gasteiger partial charge in [-0.2, -0.15) is 0 Å². The average Bonchev–Trinajstić information content (AvgIpc) is 3.50. The molecule has 1 unspecified atom stereocenters. The summed E-state index contributed by atoms with van der Waals surface area (Å²) in [4.78, 5) is 0. The SMILES string of the molecule is Cc1ccc2c(-c3ccccc3)c3c(c(-c4ccc(-n5c6ccc7ccccc7c6c6c7ccccc7ccc65)cc4)c2c1)C=CC(C)C3. The lowest BCUT2D eigenvalue weighted by Crippen LogP contribution is -2.08. The van der Waals surface area contributed by atoms with E-state index in [2.05, 4.69) is 176 Å². The smallest absolute Gasteiger partial charge is 0.0547 e. The van der Waals surface area contributed by atoms with E-state index in [-0.39, 0.29) is 0 Å². The van der Waals surface area contributed by atoms with E-state index >= 15 is 0 Å². The summed E-state index contributed by atoms with van der Waals surface area (Å²) in [5.41, 5.74) is 13.0. The molecular weight excluding hydrogens is 591 g/mol. The zero-order valence-corrected chi connectivity index (χ0v) is 27.7. The summed E-state index contributed by atoms with van der Waals surface area (Å²) < 4.78 is 2.46. The summed E-state index contributed by atoms with van der Waals surface area (Å²) in [5.74, 6) is 0.496. The van der Waals surface area contributed by atoms with E-state index in [4.69, 9.17) is 0 Å². The Balaban J connectivity index is 1.23. The van der Waals surface area contributed by atoms with Gasteiger partial charge in [0.2, 0.25) is 0 Å². The van der Waals surface area contributed by atoms with Gasteiger partial charge >= 0.3 is 0 Å². The Labute approximate surface area is 286 Å². The van der Waals surface area contributed by atoms with E-state index < -0.39 is 0 Å². The van der Waals surface area contributed by atoms with Crippen LogP contribution in [0.25, 0.3) is 88.1 Å². The number of allylic oxidation sites excluding steroid dienone is 1. The van der Waals surface area contributed by atoms with Gasteiger partial charge in [0.25, 0.3) is 0 Å². The van der Waals surface area contributed by atoms with Crippen LogP contribution in [-0.2, 0) is 6.42 Å². The first kappa shape index (κ1) is 28.1. The standard InChI is InChI=1S/C48H35N/c1-30-17-25-40-41(28-30)45(34-12-4-3-5-13-34)39-24-16-31(2)29-42(39)46(40)35-18-22-36(23-19-35)49-43-26-20-32-10-6-8-14-37(32)47(43)48-38-15-9-7-11-33(38)21-27-44(48)49/h3-27,29-30H,28H2,1-2H3. The van der Waals surface area contributed by atoms with E-state index in [0.717, 1.165) is 6.42 Å². The van der Waals surface area contributed by atoms with Crippen LogP contribution in [-0.4, -0.2) is 4.57 Å². The molecule has 0 aliphatic heterocycles. The van der Waals surface area contributed by atoms with Gasteiger partial charge in [0.1, 0.15) is 0 Å². The van der Waals surface area contributed by atoms with Crippen molar-refractivity contribution in [1.29, 1.82) is 0 Å². The fraction of sp³-hybridized carbons (Fsp3) is 0.0833. The number of hydrogen-bond donors (Lipinski definition) is 0. The van der Waals surface area contributed by atoms with E-state index in [0.29, 0.717) is 5.92 Å². The first-order chi connectivity index (χ1) is 24.1. The monoisotopic (exact) mass is 625 g/mol. The molecule has 1 aliphatic rings. The quantitative estimate of drug-likeness (QED) is 0.184. The number of benzene rings is 8. The molecule has 49 heavy (non-hydrogen) atoms. The molecule has 0 spiro atoms. The molecule has 0 fully saturated rings. The highest BCUT2D eigenvalue weighted by Crippen LogP contribution is 2.46. The third kappa shape index (κ3) is 4.25. The average molecular weight is 626 g/mol. The molecule has 0 saturated carbocycles. The Morgan fingerprint density at radius 3 is 1.82 bits per heavy atom. The van der Waals surface area contributed by atoms with Crippen molar-refractivity contribution in [2.75, 3.05) is 0 Å². The van der Waals surface area contributed by atoms with E-state index in [1.54, 1.807) is 0 Å². The Morgan fingerprint density at radius 2 is 1.14 bits per heavy atom. The molecule has 1 aromatic heterocycles. The van der Waals surface area contributed by atoms with Crippen molar-refractivity contribution >= 4 is 60.2 Å². The zero-order chi connectivity index (χ0) is 32.6. The molecule has 10 rings (SSSR count). The van der Waals surface area contributed by atoms with Crippen LogP contribution >= 0.6 is 0 Å². The zero-order valence-electron chi connectivity index (χ0n) is 27.7. The van der Waals surface area contributed by atoms with Gasteiger partial charge in [-0.15, -0.1) is 0 Å². The lowest BCUT2D eigenvalue weighted by atomic mass is 9.78. The Kier molecular flexibility index (Phi) is 6.20. The maximum absolute atomic E-state index is 2.46. The molecule has 0 N–H and O–H groups in total. The summed E-state index contributed by atoms with van der Waals surface area (Å²) in [6.45, 7) is 4.54. The second-order valence-electron chi connectivity index (χ2n) is 13.8. The van der Waals surface area contributed by atoms with Crippen molar-refractivity contribution in [1.82, 2.24) is 4.57 Å². The molecular formula is C48H35N. The topological polar surface area (TPSA) is 4.93 Å². The van der Waals surface area contributed by atoms with Gasteiger partial charge in [0.05, 0.1) is 11.0 Å². The predicted molar refractivity (Wildman–Crippen MR) is 211 cm³/mol. The van der Waals surface area contributed by atoms with Crippen molar-refractivity contribution in [3.05, 3.63) is 168 Å². The molecule has 0 saturated heterocycles. The van der Waals surface area contributed by atoms with Crippen LogP contribution in [0, 0.1) is 12.8 Å². The second kappa shape index (κ2) is 10.8. The summed E-state index contributed by atoms with van der Waals surface area (Å²) in [6.07, 6.45) is 5.82. The molecule has 1 nitrogen and oxygen atoms in total. The first-order valence-corrected chi connectivity index (χ1v) is 17.4. The second-order valence-corrected chi connectivity index (χ2v) is 13.8. The number of fused-ring (bicyclic) bond motifs is 9. The maximum Gasteiger partial charge on any atom is 0.0547 e. The highest BCUT2D eigenvalue weighted by molar-refractivity contribution is 6.28. The largest absolute Gasteiger partial charge is 0.309 e. The molecule has 1 heteroatoms. The highest BCUT2D eigenvalue weighted by atomic mass is 15.0. The van der Waals surface area contributed by atoms with Crippen LogP contribution in [0.5, 0.6) is 0 Å². The van der Waals surface area contributed by atoms with Crippen LogP contribution < -0.4 is 0 Å². The fourth-order valence-corrected chi connectivity index (χ4v) is 8.57. The van der Waals surface area contributed by atoms with Crippen molar-refractivity contribution in [3.8, 4) is 27.9 Å². The third-order valence-corrected chi connectivity index (χ3v) is 10.8. The summed E-state index contributed by atoms with van der Waals surface area (Å²) in [6, 6.07) is 54.1. The summed E-state index contributed by atoms with van der Waals surface area (Å²) in [5, 5.41) is 10.4. The first-order valence-electron chi connectivity index (χ1n) is 17.4. The van der Waals surface area contributed by atoms with Gasteiger partial charge in [-0.25, -0.2) is 0 Å². The van der Waals surface area contributed by atoms with Crippen LogP contribution in [0.4, 0.5) is 0 Å². The number of hydrogen-bond acceptors (Lipinski definition) is 0. The number of nitrogens with zero attached hydrogens (tertiary/aromatic N) is 1. The van der Waals surface area contributed by atoms with E-state index in [1.807, 2.05) is 0 Å². The summed E-state index contributed by atoms with van der Waals surface area (Å²) in [7, 11) is 0. The third-order valence-electron chi connectivity index (χ3n) is 10.8. The number of rotatable bonds is 3. The van der Waals surface area contributed by atoms with E-state index in [9.17, 15) is 0 Å². The molecule has 8 aromatic carbocycles. The molecule has 0 bridgehead atoms. The Bertz CT molecular complexity index is 2700. The van der Waals surface area contributed by atoms with Crippen molar-refractivity contribution < 1.29 is 0 Å². The van der Waals surface area contributed by atoms with Crippen molar-refractivity contribution in [2.45, 2.75) is 20.3 Å². The van der Waals surface area contributed by atoms with Crippen LogP contribution in [0.2, 0.25) is 0 Å². The number of aromatic nitrogens is 1. The number of aryl methyl sites for hydroxylation is 1. The minimum Gasteiger partial charge on any atom is -0.309 e. The highest BCUT2D eigenvalue weighted by Gasteiger charge is 2.24. The molecule has 0 amide bonds. The molecule has 1 atom stereocenters. The lowest BCUT2D eigenvalue weighted by molar-refractivity contribution is 0.719. The van der Waals surface area contributed by atoms with Crippen molar-refractivity contribution in [3.63, 3.8) is 0 Å². The minimum atomic E-state index is 0.496. The van der Waals surface area contributed by atoms with Gasteiger partial charge in [-0.3, -0.25) is 0 Å². The predicted octanol–water partition coefficient (Wildman–Crippen LogP) is 13.1. The lowest BCUT2D eigenvalue weighted by Gasteiger charge is -2.26. The summed E-state index contributed by atoms with van der Waals surface area (Å²) >= 11 is 0. The maximum atomic E-state index is 2.46. The molecule has 1 heterocycles. The molecule has 9 aromatic rings. The molecule has 232 valence electrons. The van der Waals surface area contributed by atoms with Crippen LogP contribution in [0.15, 0.2) is 152 Å². The van der Waals surface area contributed by atoms with Gasteiger partial charge in [0.15, 0.2) is 0 Å². The van der Waals surface area contributed by atoms with Crippen LogP contribution in [0.1, 0.15) is 23.6 Å². The molecule has 0 radical (unpaired) electrons. The fourth-order valence-electron chi connectivity index (χ4n) is 8.57. The normalized spacial score (nSPS) is 14.4. The van der Waals surface area contributed by atoms with Gasteiger partial charge in [0, 0.05) is 16.5 Å². The van der Waals surface area contributed by atoms with E-state index in [1.165, 1.54) is 98.8 Å². The Hall–Kier alpha value is -5.92. The van der Waals surface area contributed by atoms with Gasteiger partial charge in [-0.05, 0) is 109 Å². The minimum absolute atomic E-state index is 0.496. The van der Waals surface area contributed by atoms with Gasteiger partial charge < -0.3 is 4.57 Å². The van der Waals surface area contributed by atoms with Crippen molar-refractivity contribution in [2.24, 2.45) is 5.92 Å².